The van der Waals surface area contributed by atoms with E-state index in [1.807, 2.05) is 0 Å². The summed E-state index contributed by atoms with van der Waals surface area (Å²) < 4.78 is 10.3. The maximum Gasteiger partial charge on any atom is 0.329 e. The van der Waals surface area contributed by atoms with Crippen molar-refractivity contribution in [1.82, 2.24) is 10.3 Å². The molecule has 24 heavy (non-hydrogen) atoms. The van der Waals surface area contributed by atoms with Crippen LogP contribution in [0.5, 0.6) is 5.88 Å². The van der Waals surface area contributed by atoms with Gasteiger partial charge < -0.3 is 19.9 Å². The first-order valence-electron chi connectivity index (χ1n) is 8.10. The first-order valence-corrected chi connectivity index (χ1v) is 8.10. The van der Waals surface area contributed by atoms with Gasteiger partial charge in [-0.3, -0.25) is 4.79 Å². The predicted molar refractivity (Wildman–Crippen MR) is 87.1 cm³/mol. The van der Waals surface area contributed by atoms with Crippen molar-refractivity contribution in [3.8, 4) is 5.88 Å². The zero-order valence-electron chi connectivity index (χ0n) is 14.1. The molecule has 2 N–H and O–H groups in total. The highest BCUT2D eigenvalue weighted by Gasteiger charge is 2.42. The van der Waals surface area contributed by atoms with Gasteiger partial charge in [0.2, 0.25) is 5.88 Å². The summed E-state index contributed by atoms with van der Waals surface area (Å²) in [6, 6.07) is 3.05. The highest BCUT2D eigenvalue weighted by Crippen LogP contribution is 2.32. The molecular weight excluding hydrogens is 312 g/mol. The molecule has 0 bridgehead atoms. The van der Waals surface area contributed by atoms with Crippen molar-refractivity contribution in [3.05, 3.63) is 23.9 Å². The van der Waals surface area contributed by atoms with Crippen LogP contribution < -0.4 is 10.1 Å². The van der Waals surface area contributed by atoms with Gasteiger partial charge >= 0.3 is 5.97 Å². The third-order valence-electron chi connectivity index (χ3n) is 4.42. The van der Waals surface area contributed by atoms with Crippen LogP contribution in [0.4, 0.5) is 0 Å². The van der Waals surface area contributed by atoms with Crippen molar-refractivity contribution in [2.45, 2.75) is 38.1 Å². The molecule has 1 aromatic rings. The number of hydrogen-bond donors (Lipinski definition) is 2. The van der Waals surface area contributed by atoms with Gasteiger partial charge in [-0.1, -0.05) is 6.92 Å². The Hall–Kier alpha value is -2.15. The Morgan fingerprint density at radius 3 is 2.71 bits per heavy atom. The number of nitrogens with zero attached hydrogens (tertiary/aromatic N) is 1. The van der Waals surface area contributed by atoms with E-state index in [1.54, 1.807) is 13.2 Å². The molecule has 0 radical (unpaired) electrons. The number of nitrogens with one attached hydrogen (secondary N) is 1. The summed E-state index contributed by atoms with van der Waals surface area (Å²) in [6.07, 6.45) is 3.92. The number of carbonyl (C=O) groups is 2. The fourth-order valence-electron chi connectivity index (χ4n) is 2.80. The molecule has 1 saturated carbocycles. The third kappa shape index (κ3) is 4.44. The Kier molecular flexibility index (Phi) is 6.14. The van der Waals surface area contributed by atoms with Crippen molar-refractivity contribution in [1.29, 1.82) is 0 Å². The Bertz CT molecular complexity index is 582. The molecule has 1 amide bonds. The highest BCUT2D eigenvalue weighted by atomic mass is 16.5. The lowest BCUT2D eigenvalue weighted by Crippen LogP contribution is -2.56. The topological polar surface area (TPSA) is 97.8 Å². The number of carboxylic acids is 1. The molecule has 0 atom stereocenters. The number of hydrogen-bond acceptors (Lipinski definition) is 5. The van der Waals surface area contributed by atoms with Crippen LogP contribution in [0, 0.1) is 5.92 Å². The van der Waals surface area contributed by atoms with E-state index in [-0.39, 0.29) is 0 Å². The van der Waals surface area contributed by atoms with Crippen LogP contribution in [0.15, 0.2) is 18.3 Å². The van der Waals surface area contributed by atoms with Gasteiger partial charge in [-0.25, -0.2) is 9.78 Å². The lowest BCUT2D eigenvalue weighted by Gasteiger charge is -2.36. The molecular formula is C17H24N2O5. The number of ether oxygens (including phenoxy) is 2. The van der Waals surface area contributed by atoms with Crippen LogP contribution in [0.2, 0.25) is 0 Å². The number of pyridine rings is 1. The van der Waals surface area contributed by atoms with Gasteiger partial charge in [-0.2, -0.15) is 0 Å². The Morgan fingerprint density at radius 1 is 1.38 bits per heavy atom. The second-order valence-electron chi connectivity index (χ2n) is 6.25. The van der Waals surface area contributed by atoms with Gasteiger partial charge in [0.25, 0.3) is 5.91 Å². The van der Waals surface area contributed by atoms with Crippen molar-refractivity contribution < 1.29 is 24.2 Å². The summed E-state index contributed by atoms with van der Waals surface area (Å²) in [4.78, 5) is 28.3. The average Bonchev–Trinajstić information content (AvgIpc) is 2.57. The van der Waals surface area contributed by atoms with Gasteiger partial charge in [0.15, 0.2) is 0 Å². The number of rotatable bonds is 7. The summed E-state index contributed by atoms with van der Waals surface area (Å²) in [6.45, 7) is 2.84. The molecule has 0 unspecified atom stereocenters. The molecule has 0 aliphatic heterocycles. The minimum Gasteiger partial charge on any atom is -0.480 e. The summed E-state index contributed by atoms with van der Waals surface area (Å²) >= 11 is 0. The van der Waals surface area contributed by atoms with E-state index in [0.717, 1.165) is 12.8 Å². The number of methoxy groups -OCH3 is 1. The maximum absolute atomic E-state index is 12.5. The van der Waals surface area contributed by atoms with Gasteiger partial charge in [0.05, 0.1) is 6.61 Å². The summed E-state index contributed by atoms with van der Waals surface area (Å²) in [7, 11) is 1.57. The van der Waals surface area contributed by atoms with E-state index in [2.05, 4.69) is 17.2 Å². The van der Waals surface area contributed by atoms with Gasteiger partial charge in [-0.15, -0.1) is 0 Å². The van der Waals surface area contributed by atoms with Gasteiger partial charge in [-0.05, 0) is 37.7 Å². The summed E-state index contributed by atoms with van der Waals surface area (Å²) in [5.41, 5.74) is -0.860. The van der Waals surface area contributed by atoms with Crippen molar-refractivity contribution in [3.63, 3.8) is 0 Å². The number of carbonyl (C=O) groups excluding carboxylic acids is 1. The SMILES string of the molecule is COCCOc1cc(C(=O)NC2(C(=O)O)CCC(C)CC2)ccn1. The van der Waals surface area contributed by atoms with Crippen LogP contribution in [-0.2, 0) is 9.53 Å². The van der Waals surface area contributed by atoms with Gasteiger partial charge in [0.1, 0.15) is 12.1 Å². The highest BCUT2D eigenvalue weighted by molar-refractivity contribution is 5.98. The van der Waals surface area contributed by atoms with E-state index in [4.69, 9.17) is 9.47 Å². The van der Waals surface area contributed by atoms with Crippen LogP contribution in [-0.4, -0.2) is 47.8 Å². The van der Waals surface area contributed by atoms with Crippen molar-refractivity contribution in [2.24, 2.45) is 5.92 Å². The van der Waals surface area contributed by atoms with E-state index in [9.17, 15) is 14.7 Å². The zero-order valence-corrected chi connectivity index (χ0v) is 14.1. The Balaban J connectivity index is 2.07. The van der Waals surface area contributed by atoms with E-state index < -0.39 is 17.4 Å². The number of aromatic nitrogens is 1. The number of amides is 1. The molecule has 1 aliphatic carbocycles. The molecule has 7 nitrogen and oxygen atoms in total. The fourth-order valence-corrected chi connectivity index (χ4v) is 2.80. The van der Waals surface area contributed by atoms with Gasteiger partial charge in [0, 0.05) is 24.9 Å². The molecule has 1 heterocycles. The Morgan fingerprint density at radius 2 is 2.08 bits per heavy atom. The molecule has 0 aromatic carbocycles. The summed E-state index contributed by atoms with van der Waals surface area (Å²) in [5, 5.41) is 12.3. The summed E-state index contributed by atoms with van der Waals surface area (Å²) in [5.74, 6) is -0.614. The first kappa shape index (κ1) is 18.2. The minimum absolute atomic E-state index is 0.307. The van der Waals surface area contributed by atoms with Crippen LogP contribution in [0.3, 0.4) is 0 Å². The minimum atomic E-state index is -1.19. The fraction of sp³-hybridized carbons (Fsp3) is 0.588. The van der Waals surface area contributed by atoms with Crippen molar-refractivity contribution >= 4 is 11.9 Å². The van der Waals surface area contributed by atoms with E-state index in [1.165, 1.54) is 12.3 Å². The molecule has 1 aromatic heterocycles. The molecule has 0 saturated heterocycles. The average molecular weight is 336 g/mol. The smallest absolute Gasteiger partial charge is 0.329 e. The van der Waals surface area contributed by atoms with E-state index in [0.29, 0.717) is 43.4 Å². The second-order valence-corrected chi connectivity index (χ2v) is 6.25. The first-order chi connectivity index (χ1) is 11.5. The maximum atomic E-state index is 12.5. The Labute approximate surface area is 141 Å². The third-order valence-corrected chi connectivity index (χ3v) is 4.42. The molecule has 7 heteroatoms. The quantitative estimate of drug-likeness (QED) is 0.738. The molecule has 1 fully saturated rings. The predicted octanol–water partition coefficient (Wildman–Crippen LogP) is 1.87. The number of aliphatic carboxylic acids is 1. The van der Waals surface area contributed by atoms with Crippen molar-refractivity contribution in [2.75, 3.05) is 20.3 Å². The largest absolute Gasteiger partial charge is 0.480 e. The molecule has 1 aliphatic rings. The van der Waals surface area contributed by atoms with Crippen LogP contribution in [0.1, 0.15) is 43.0 Å². The van der Waals surface area contributed by atoms with Crippen LogP contribution in [0.25, 0.3) is 0 Å². The monoisotopic (exact) mass is 336 g/mol. The molecule has 2 rings (SSSR count). The zero-order chi connectivity index (χ0) is 17.6. The van der Waals surface area contributed by atoms with E-state index >= 15 is 0 Å². The standard InChI is InChI=1S/C17H24N2O5/c1-12-3-6-17(7-4-12,16(21)22)19-15(20)13-5-8-18-14(11-13)24-10-9-23-2/h5,8,11-12H,3-4,6-7,9-10H2,1-2H3,(H,19,20)(H,21,22). The lowest BCUT2D eigenvalue weighted by molar-refractivity contribution is -0.146. The number of carboxylic acid groups (broad SMARTS) is 1. The van der Waals surface area contributed by atoms with Crippen LogP contribution >= 0.6 is 0 Å². The second kappa shape index (κ2) is 8.10. The normalized spacial score (nSPS) is 23.5. The lowest BCUT2D eigenvalue weighted by atomic mass is 9.77. The molecule has 0 spiro atoms. The molecule has 132 valence electrons.